The third-order valence-corrected chi connectivity index (χ3v) is 4.84. The van der Waals surface area contributed by atoms with Crippen LogP contribution in [0.2, 0.25) is 0 Å². The summed E-state index contributed by atoms with van der Waals surface area (Å²) in [7, 11) is 0. The molecule has 5 heteroatoms. The van der Waals surface area contributed by atoms with Crippen molar-refractivity contribution in [2.75, 3.05) is 12.0 Å². The first-order valence-electron chi connectivity index (χ1n) is 8.78. The van der Waals surface area contributed by atoms with Gasteiger partial charge in [0.1, 0.15) is 5.75 Å². The molecule has 1 aromatic heterocycles. The van der Waals surface area contributed by atoms with Crippen LogP contribution in [0.25, 0.3) is 22.0 Å². The van der Waals surface area contributed by atoms with E-state index in [1.54, 1.807) is 6.21 Å². The molecule has 0 fully saturated rings. The van der Waals surface area contributed by atoms with Gasteiger partial charge in [-0.15, -0.1) is 11.3 Å². The molecule has 0 aliphatic heterocycles. The summed E-state index contributed by atoms with van der Waals surface area (Å²) >= 11 is 1.54. The first-order valence-corrected chi connectivity index (χ1v) is 9.66. The van der Waals surface area contributed by atoms with Gasteiger partial charge in [0.2, 0.25) is 5.13 Å². The van der Waals surface area contributed by atoms with Crippen LogP contribution in [0.1, 0.15) is 12.5 Å². The van der Waals surface area contributed by atoms with Gasteiger partial charge in [0.05, 0.1) is 18.5 Å². The van der Waals surface area contributed by atoms with Gasteiger partial charge in [0, 0.05) is 10.9 Å². The molecule has 0 unspecified atom stereocenters. The Morgan fingerprint density at radius 3 is 2.70 bits per heavy atom. The third kappa shape index (κ3) is 4.15. The maximum absolute atomic E-state index is 5.55. The van der Waals surface area contributed by atoms with Crippen LogP contribution in [0, 0.1) is 0 Å². The summed E-state index contributed by atoms with van der Waals surface area (Å²) in [5.74, 6) is 0.895. The molecule has 4 nitrogen and oxygen atoms in total. The SMILES string of the molecule is CCOc1ccc2cc(C=NNc3nc(-c4ccccc4)cs3)ccc2c1. The zero-order valence-corrected chi connectivity index (χ0v) is 15.7. The average molecular weight is 373 g/mol. The van der Waals surface area contributed by atoms with Crippen molar-refractivity contribution in [3.8, 4) is 17.0 Å². The van der Waals surface area contributed by atoms with Crippen molar-refractivity contribution in [3.63, 3.8) is 0 Å². The highest BCUT2D eigenvalue weighted by Gasteiger charge is 2.03. The van der Waals surface area contributed by atoms with Gasteiger partial charge in [-0.3, -0.25) is 5.43 Å². The van der Waals surface area contributed by atoms with Crippen LogP contribution >= 0.6 is 11.3 Å². The largest absolute Gasteiger partial charge is 0.494 e. The van der Waals surface area contributed by atoms with Crippen molar-refractivity contribution in [1.82, 2.24) is 4.98 Å². The number of hydrogen-bond acceptors (Lipinski definition) is 5. The number of anilines is 1. The Kier molecular flexibility index (Phi) is 5.12. The molecule has 1 N–H and O–H groups in total. The van der Waals surface area contributed by atoms with Crippen molar-refractivity contribution in [1.29, 1.82) is 0 Å². The minimum atomic E-state index is 0.671. The lowest BCUT2D eigenvalue weighted by Crippen LogP contribution is -1.92. The van der Waals surface area contributed by atoms with Crippen molar-refractivity contribution in [2.45, 2.75) is 6.92 Å². The van der Waals surface area contributed by atoms with Gasteiger partial charge in [0.15, 0.2) is 0 Å². The van der Waals surface area contributed by atoms with Crippen molar-refractivity contribution < 1.29 is 4.74 Å². The number of thiazole rings is 1. The molecule has 0 aliphatic carbocycles. The van der Waals surface area contributed by atoms with Gasteiger partial charge in [-0.2, -0.15) is 5.10 Å². The van der Waals surface area contributed by atoms with Gasteiger partial charge in [-0.1, -0.05) is 48.5 Å². The number of ether oxygens (including phenoxy) is 1. The number of hydrazone groups is 1. The first-order chi connectivity index (χ1) is 13.3. The average Bonchev–Trinajstić information content (AvgIpc) is 3.18. The molecule has 0 saturated carbocycles. The summed E-state index contributed by atoms with van der Waals surface area (Å²) in [6.45, 7) is 2.66. The number of aromatic nitrogens is 1. The Balaban J connectivity index is 1.45. The monoisotopic (exact) mass is 373 g/mol. The summed E-state index contributed by atoms with van der Waals surface area (Å²) in [6.07, 6.45) is 1.81. The number of nitrogens with zero attached hydrogens (tertiary/aromatic N) is 2. The van der Waals surface area contributed by atoms with Gasteiger partial charge >= 0.3 is 0 Å². The summed E-state index contributed by atoms with van der Waals surface area (Å²) < 4.78 is 5.55. The summed E-state index contributed by atoms with van der Waals surface area (Å²) in [4.78, 5) is 4.57. The van der Waals surface area contributed by atoms with E-state index in [-0.39, 0.29) is 0 Å². The normalized spacial score (nSPS) is 11.1. The quantitative estimate of drug-likeness (QED) is 0.343. The molecule has 0 aliphatic rings. The standard InChI is InChI=1S/C22H19N3OS/c1-2-26-20-11-10-18-12-16(8-9-19(18)13-20)14-23-25-22-24-21(15-27-22)17-6-4-3-5-7-17/h3-15H,2H2,1H3,(H,24,25). The van der Waals surface area contributed by atoms with E-state index in [4.69, 9.17) is 4.74 Å². The molecule has 1 heterocycles. The number of hydrogen-bond donors (Lipinski definition) is 1. The Labute approximate surface area is 162 Å². The zero-order chi connectivity index (χ0) is 18.5. The Morgan fingerprint density at radius 1 is 1.04 bits per heavy atom. The predicted octanol–water partition coefficient (Wildman–Crippen LogP) is 5.81. The molecule has 4 rings (SSSR count). The first kappa shape index (κ1) is 17.2. The van der Waals surface area contributed by atoms with Crippen LogP contribution in [-0.4, -0.2) is 17.8 Å². The van der Waals surface area contributed by atoms with Crippen LogP contribution in [0.15, 0.2) is 77.2 Å². The van der Waals surface area contributed by atoms with Gasteiger partial charge in [-0.25, -0.2) is 4.98 Å². The maximum atomic E-state index is 5.55. The van der Waals surface area contributed by atoms with E-state index in [9.17, 15) is 0 Å². The Bertz CT molecular complexity index is 1070. The van der Waals surface area contributed by atoms with Crippen LogP contribution in [0.3, 0.4) is 0 Å². The van der Waals surface area contributed by atoms with Crippen LogP contribution in [0.4, 0.5) is 5.13 Å². The van der Waals surface area contributed by atoms with E-state index >= 15 is 0 Å². The highest BCUT2D eigenvalue weighted by atomic mass is 32.1. The van der Waals surface area contributed by atoms with Crippen LogP contribution in [0.5, 0.6) is 5.75 Å². The summed E-state index contributed by atoms with van der Waals surface area (Å²) in [5.41, 5.74) is 6.10. The molecule has 0 radical (unpaired) electrons. The van der Waals surface area contributed by atoms with E-state index in [0.29, 0.717) is 6.61 Å². The lowest BCUT2D eigenvalue weighted by Gasteiger charge is -2.05. The highest BCUT2D eigenvalue weighted by Crippen LogP contribution is 2.25. The van der Waals surface area contributed by atoms with E-state index in [0.717, 1.165) is 38.5 Å². The number of nitrogens with one attached hydrogen (secondary N) is 1. The molecule has 4 aromatic rings. The maximum Gasteiger partial charge on any atom is 0.203 e. The van der Waals surface area contributed by atoms with Crippen molar-refractivity contribution in [3.05, 3.63) is 77.7 Å². The molecule has 0 saturated heterocycles. The molecule has 0 bridgehead atoms. The molecule has 27 heavy (non-hydrogen) atoms. The summed E-state index contributed by atoms with van der Waals surface area (Å²) in [6, 6.07) is 22.5. The second kappa shape index (κ2) is 8.01. The summed E-state index contributed by atoms with van der Waals surface area (Å²) in [5, 5.41) is 9.43. The van der Waals surface area contributed by atoms with E-state index < -0.39 is 0 Å². The number of rotatable bonds is 6. The van der Waals surface area contributed by atoms with Gasteiger partial charge in [0.25, 0.3) is 0 Å². The zero-order valence-electron chi connectivity index (χ0n) is 14.9. The fourth-order valence-corrected chi connectivity index (χ4v) is 3.48. The molecular weight excluding hydrogens is 354 g/mol. The molecule has 0 atom stereocenters. The van der Waals surface area contributed by atoms with Gasteiger partial charge < -0.3 is 4.74 Å². The lowest BCUT2D eigenvalue weighted by atomic mass is 10.1. The van der Waals surface area contributed by atoms with E-state index in [1.165, 1.54) is 11.3 Å². The Morgan fingerprint density at radius 2 is 1.85 bits per heavy atom. The molecule has 3 aromatic carbocycles. The molecular formula is C22H19N3OS. The fraction of sp³-hybridized carbons (Fsp3) is 0.0909. The molecule has 0 spiro atoms. The fourth-order valence-electron chi connectivity index (χ4n) is 2.81. The lowest BCUT2D eigenvalue weighted by molar-refractivity contribution is 0.341. The smallest absolute Gasteiger partial charge is 0.203 e. The molecule has 0 amide bonds. The Hall–Kier alpha value is -3.18. The molecule has 134 valence electrons. The number of fused-ring (bicyclic) bond motifs is 1. The second-order valence-electron chi connectivity index (χ2n) is 5.98. The minimum Gasteiger partial charge on any atom is -0.494 e. The van der Waals surface area contributed by atoms with Crippen LogP contribution in [-0.2, 0) is 0 Å². The minimum absolute atomic E-state index is 0.671. The van der Waals surface area contributed by atoms with Gasteiger partial charge in [-0.05, 0) is 41.5 Å². The predicted molar refractivity (Wildman–Crippen MR) is 114 cm³/mol. The third-order valence-electron chi connectivity index (χ3n) is 4.09. The van der Waals surface area contributed by atoms with Crippen LogP contribution < -0.4 is 10.2 Å². The van der Waals surface area contributed by atoms with E-state index in [2.05, 4.69) is 39.8 Å². The second-order valence-corrected chi connectivity index (χ2v) is 6.83. The van der Waals surface area contributed by atoms with Crippen molar-refractivity contribution in [2.24, 2.45) is 5.10 Å². The van der Waals surface area contributed by atoms with Crippen molar-refractivity contribution >= 4 is 33.5 Å². The van der Waals surface area contributed by atoms with E-state index in [1.807, 2.05) is 54.8 Å². The number of benzene rings is 3. The highest BCUT2D eigenvalue weighted by molar-refractivity contribution is 7.14. The topological polar surface area (TPSA) is 46.5 Å².